The average Bonchev–Trinajstić information content (AvgIpc) is 1.94. The first-order chi connectivity index (χ1) is 5.82. The first-order valence-electron chi connectivity index (χ1n) is 3.14. The molecule has 0 unspecified atom stereocenters. The summed E-state index contributed by atoms with van der Waals surface area (Å²) < 4.78 is 37.0. The highest BCUT2D eigenvalue weighted by Gasteiger charge is 2.33. The summed E-state index contributed by atoms with van der Waals surface area (Å²) in [5, 5.41) is 0. The van der Waals surface area contributed by atoms with E-state index in [9.17, 15) is 13.2 Å². The predicted octanol–water partition coefficient (Wildman–Crippen LogP) is 3.81. The highest BCUT2D eigenvalue weighted by atomic mass is 79.9. The summed E-state index contributed by atoms with van der Waals surface area (Å²) in [5.41, 5.74) is 4.91. The van der Waals surface area contributed by atoms with Gasteiger partial charge in [-0.25, -0.2) is 0 Å². The summed E-state index contributed by atoms with van der Waals surface area (Å²) in [4.78, 5) is 0. The van der Waals surface area contributed by atoms with Gasteiger partial charge in [0, 0.05) is 14.6 Å². The predicted molar refractivity (Wildman–Crippen MR) is 51.3 cm³/mol. The van der Waals surface area contributed by atoms with Gasteiger partial charge in [0.2, 0.25) is 0 Å². The fraction of sp³-hybridized carbons (Fsp3) is 0.143. The van der Waals surface area contributed by atoms with Gasteiger partial charge < -0.3 is 5.73 Å². The van der Waals surface area contributed by atoms with Crippen molar-refractivity contribution in [3.8, 4) is 0 Å². The van der Waals surface area contributed by atoms with Gasteiger partial charge in [-0.1, -0.05) is 15.9 Å². The number of benzene rings is 1. The van der Waals surface area contributed by atoms with Crippen molar-refractivity contribution in [2.45, 2.75) is 6.18 Å². The summed E-state index contributed by atoms with van der Waals surface area (Å²) in [6, 6.07) is 2.16. The molecule has 13 heavy (non-hydrogen) atoms. The molecule has 0 aliphatic rings. The minimum atomic E-state index is -4.37. The topological polar surface area (TPSA) is 26.0 Å². The second-order valence-electron chi connectivity index (χ2n) is 2.35. The number of halogens is 5. The minimum absolute atomic E-state index is 0.0549. The van der Waals surface area contributed by atoms with Crippen LogP contribution >= 0.6 is 31.9 Å². The Labute approximate surface area is 89.4 Å². The summed E-state index contributed by atoms with van der Waals surface area (Å²) in [5.74, 6) is 0. The van der Waals surface area contributed by atoms with Gasteiger partial charge in [-0.15, -0.1) is 0 Å². The van der Waals surface area contributed by atoms with Gasteiger partial charge in [-0.05, 0) is 28.1 Å². The molecule has 0 radical (unpaired) electrons. The largest absolute Gasteiger partial charge is 0.417 e. The Morgan fingerprint density at radius 3 is 2.08 bits per heavy atom. The Morgan fingerprint density at radius 1 is 1.08 bits per heavy atom. The number of hydrogen-bond donors (Lipinski definition) is 1. The van der Waals surface area contributed by atoms with E-state index in [4.69, 9.17) is 5.73 Å². The molecule has 72 valence electrons. The molecule has 6 heteroatoms. The van der Waals surface area contributed by atoms with E-state index in [2.05, 4.69) is 31.9 Å². The fourth-order valence-electron chi connectivity index (χ4n) is 0.779. The highest BCUT2D eigenvalue weighted by Crippen LogP contribution is 2.38. The van der Waals surface area contributed by atoms with Crippen molar-refractivity contribution in [2.24, 2.45) is 0 Å². The second-order valence-corrected chi connectivity index (χ2v) is 4.06. The van der Waals surface area contributed by atoms with Crippen LogP contribution in [0.1, 0.15) is 5.56 Å². The summed E-state index contributed by atoms with van der Waals surface area (Å²) >= 11 is 5.72. The molecule has 0 fully saturated rings. The lowest BCUT2D eigenvalue weighted by Crippen LogP contribution is -2.06. The van der Waals surface area contributed by atoms with Crippen molar-refractivity contribution in [1.82, 2.24) is 0 Å². The standard InChI is InChI=1S/C7H4Br2F3N/c8-4-2-6(13)5(9)1-3(4)7(10,11)12/h1-2H,13H2. The van der Waals surface area contributed by atoms with E-state index in [0.717, 1.165) is 6.07 Å². The fourth-order valence-corrected chi connectivity index (χ4v) is 1.71. The van der Waals surface area contributed by atoms with Crippen molar-refractivity contribution in [3.05, 3.63) is 26.6 Å². The van der Waals surface area contributed by atoms with Crippen LogP contribution in [0.3, 0.4) is 0 Å². The van der Waals surface area contributed by atoms with Crippen LogP contribution in [-0.2, 0) is 6.18 Å². The zero-order valence-corrected chi connectivity index (χ0v) is 9.29. The third-order valence-electron chi connectivity index (χ3n) is 1.39. The first kappa shape index (κ1) is 10.8. The van der Waals surface area contributed by atoms with Crippen LogP contribution in [-0.4, -0.2) is 0 Å². The first-order valence-corrected chi connectivity index (χ1v) is 4.72. The van der Waals surface area contributed by atoms with Crippen molar-refractivity contribution in [2.75, 3.05) is 5.73 Å². The highest BCUT2D eigenvalue weighted by molar-refractivity contribution is 9.11. The van der Waals surface area contributed by atoms with Crippen molar-refractivity contribution in [3.63, 3.8) is 0 Å². The summed E-state index contributed by atoms with van der Waals surface area (Å²) in [6.45, 7) is 0. The average molecular weight is 319 g/mol. The van der Waals surface area contributed by atoms with E-state index in [0.29, 0.717) is 0 Å². The molecular formula is C7H4Br2F3N. The van der Waals surface area contributed by atoms with Crippen LogP contribution in [0.25, 0.3) is 0 Å². The summed E-state index contributed by atoms with van der Waals surface area (Å²) in [6.07, 6.45) is -4.37. The van der Waals surface area contributed by atoms with Crippen LogP contribution in [0.4, 0.5) is 18.9 Å². The van der Waals surface area contributed by atoms with Gasteiger partial charge in [0.25, 0.3) is 0 Å². The zero-order valence-electron chi connectivity index (χ0n) is 6.12. The molecule has 0 aliphatic heterocycles. The third kappa shape index (κ3) is 2.37. The molecule has 0 atom stereocenters. The molecule has 0 spiro atoms. The molecule has 0 bridgehead atoms. The molecule has 1 rings (SSSR count). The van der Waals surface area contributed by atoms with Crippen LogP contribution in [0.2, 0.25) is 0 Å². The SMILES string of the molecule is Nc1cc(Br)c(C(F)(F)F)cc1Br. The maximum Gasteiger partial charge on any atom is 0.417 e. The van der Waals surface area contributed by atoms with Gasteiger partial charge in [-0.2, -0.15) is 13.2 Å². The van der Waals surface area contributed by atoms with E-state index < -0.39 is 11.7 Å². The Balaban J connectivity index is 3.32. The van der Waals surface area contributed by atoms with E-state index in [1.807, 2.05) is 0 Å². The molecule has 1 nitrogen and oxygen atoms in total. The van der Waals surface area contributed by atoms with Crippen LogP contribution in [0.15, 0.2) is 21.1 Å². The van der Waals surface area contributed by atoms with E-state index in [1.54, 1.807) is 0 Å². The molecule has 0 saturated heterocycles. The Kier molecular flexibility index (Phi) is 2.91. The Hall–Kier alpha value is -0.230. The molecule has 1 aromatic carbocycles. The quantitative estimate of drug-likeness (QED) is 0.723. The number of nitrogens with two attached hydrogens (primary N) is 1. The molecule has 2 N–H and O–H groups in total. The molecule has 0 aliphatic carbocycles. The molecule has 0 aromatic heterocycles. The lowest BCUT2D eigenvalue weighted by molar-refractivity contribution is -0.138. The molecule has 0 heterocycles. The molecule has 0 amide bonds. The lowest BCUT2D eigenvalue weighted by Gasteiger charge is -2.10. The van der Waals surface area contributed by atoms with Crippen molar-refractivity contribution in [1.29, 1.82) is 0 Å². The maximum absolute atomic E-state index is 12.3. The van der Waals surface area contributed by atoms with Crippen molar-refractivity contribution >= 4 is 37.5 Å². The molecule has 1 aromatic rings. The number of rotatable bonds is 0. The minimum Gasteiger partial charge on any atom is -0.398 e. The van der Waals surface area contributed by atoms with Gasteiger partial charge in [0.05, 0.1) is 5.56 Å². The summed E-state index contributed by atoms with van der Waals surface area (Å²) in [7, 11) is 0. The molecule has 0 saturated carbocycles. The number of anilines is 1. The monoisotopic (exact) mass is 317 g/mol. The Bertz CT molecular complexity index is 335. The number of nitrogen functional groups attached to an aromatic ring is 1. The van der Waals surface area contributed by atoms with Crippen LogP contribution in [0, 0.1) is 0 Å². The maximum atomic E-state index is 12.3. The molecular weight excluding hydrogens is 315 g/mol. The van der Waals surface area contributed by atoms with Crippen LogP contribution < -0.4 is 5.73 Å². The van der Waals surface area contributed by atoms with E-state index in [-0.39, 0.29) is 14.6 Å². The van der Waals surface area contributed by atoms with Gasteiger partial charge >= 0.3 is 6.18 Å². The Morgan fingerprint density at radius 2 is 1.62 bits per heavy atom. The van der Waals surface area contributed by atoms with E-state index in [1.165, 1.54) is 6.07 Å². The van der Waals surface area contributed by atoms with Crippen molar-refractivity contribution < 1.29 is 13.2 Å². The lowest BCUT2D eigenvalue weighted by atomic mass is 10.2. The zero-order chi connectivity index (χ0) is 10.2. The third-order valence-corrected chi connectivity index (χ3v) is 2.73. The smallest absolute Gasteiger partial charge is 0.398 e. The van der Waals surface area contributed by atoms with Crippen LogP contribution in [0.5, 0.6) is 0 Å². The second kappa shape index (κ2) is 3.49. The number of alkyl halides is 3. The van der Waals surface area contributed by atoms with Gasteiger partial charge in [0.15, 0.2) is 0 Å². The van der Waals surface area contributed by atoms with E-state index >= 15 is 0 Å². The normalized spacial score (nSPS) is 11.8. The number of hydrogen-bond acceptors (Lipinski definition) is 1. The van der Waals surface area contributed by atoms with Gasteiger partial charge in [0.1, 0.15) is 0 Å². The van der Waals surface area contributed by atoms with Gasteiger partial charge in [-0.3, -0.25) is 0 Å².